The molecule has 7 heteroatoms. The highest BCUT2D eigenvalue weighted by atomic mass is 16.5. The van der Waals surface area contributed by atoms with Gasteiger partial charge in [0.1, 0.15) is 0 Å². The van der Waals surface area contributed by atoms with Crippen LogP contribution in [0.25, 0.3) is 10.9 Å². The highest BCUT2D eigenvalue weighted by molar-refractivity contribution is 6.04. The number of benzene rings is 1. The Morgan fingerprint density at radius 2 is 2.08 bits per heavy atom. The van der Waals surface area contributed by atoms with Crippen molar-refractivity contribution in [1.82, 2.24) is 9.88 Å². The van der Waals surface area contributed by atoms with E-state index in [4.69, 9.17) is 10.5 Å². The van der Waals surface area contributed by atoms with Crippen LogP contribution >= 0.6 is 0 Å². The Kier molecular flexibility index (Phi) is 4.50. The van der Waals surface area contributed by atoms with Gasteiger partial charge in [0, 0.05) is 30.2 Å². The van der Waals surface area contributed by atoms with Gasteiger partial charge in [0.05, 0.1) is 11.5 Å². The molecule has 2 heterocycles. The van der Waals surface area contributed by atoms with Gasteiger partial charge in [0.15, 0.2) is 6.61 Å². The molecule has 1 atom stereocenters. The molecule has 3 N–H and O–H groups in total. The standard InChI is InChI=1S/C17H19N3O4/c18-16(22)11-4-3-7-20(9-11)15(21)10-24-17(23)13-8-19-14-6-2-1-5-12(13)14/h1-2,5-6,8,11,19H,3-4,7,9-10H2,(H2,18,22)/t11-/m0/s1. The highest BCUT2D eigenvalue weighted by Gasteiger charge is 2.27. The molecule has 0 spiro atoms. The number of esters is 1. The Labute approximate surface area is 138 Å². The van der Waals surface area contributed by atoms with Crippen LogP contribution in [0.3, 0.4) is 0 Å². The zero-order valence-corrected chi connectivity index (χ0v) is 13.2. The summed E-state index contributed by atoms with van der Waals surface area (Å²) in [6, 6.07) is 7.36. The van der Waals surface area contributed by atoms with Gasteiger partial charge in [-0.15, -0.1) is 0 Å². The second-order valence-electron chi connectivity index (χ2n) is 5.91. The lowest BCUT2D eigenvalue weighted by Crippen LogP contribution is -2.45. The number of amides is 2. The van der Waals surface area contributed by atoms with E-state index in [0.717, 1.165) is 17.3 Å². The molecule has 0 radical (unpaired) electrons. The lowest BCUT2D eigenvalue weighted by molar-refractivity contribution is -0.137. The molecule has 1 aromatic heterocycles. The fourth-order valence-electron chi connectivity index (χ4n) is 2.97. The number of piperidine rings is 1. The maximum atomic E-state index is 12.2. The van der Waals surface area contributed by atoms with Crippen molar-refractivity contribution in [2.75, 3.05) is 19.7 Å². The molecule has 1 aliphatic rings. The van der Waals surface area contributed by atoms with Gasteiger partial charge in [0.2, 0.25) is 5.91 Å². The molecule has 0 unspecified atom stereocenters. The van der Waals surface area contributed by atoms with Crippen LogP contribution < -0.4 is 5.73 Å². The van der Waals surface area contributed by atoms with Crippen LogP contribution in [0.2, 0.25) is 0 Å². The van der Waals surface area contributed by atoms with Gasteiger partial charge < -0.3 is 20.4 Å². The second-order valence-corrected chi connectivity index (χ2v) is 5.91. The molecule has 0 bridgehead atoms. The summed E-state index contributed by atoms with van der Waals surface area (Å²) in [5.74, 6) is -1.59. The van der Waals surface area contributed by atoms with Crippen molar-refractivity contribution in [2.45, 2.75) is 12.8 Å². The summed E-state index contributed by atoms with van der Waals surface area (Å²) in [4.78, 5) is 40.2. The number of aromatic nitrogens is 1. The zero-order chi connectivity index (χ0) is 17.1. The van der Waals surface area contributed by atoms with Crippen molar-refractivity contribution >= 4 is 28.7 Å². The van der Waals surface area contributed by atoms with Gasteiger partial charge in [-0.2, -0.15) is 0 Å². The number of carbonyl (C=O) groups excluding carboxylic acids is 3. The Balaban J connectivity index is 1.60. The lowest BCUT2D eigenvalue weighted by Gasteiger charge is -2.31. The van der Waals surface area contributed by atoms with Gasteiger partial charge in [0.25, 0.3) is 5.91 Å². The predicted molar refractivity (Wildman–Crippen MR) is 87.1 cm³/mol. The molecule has 0 aliphatic carbocycles. The molecule has 24 heavy (non-hydrogen) atoms. The van der Waals surface area contributed by atoms with E-state index in [0.29, 0.717) is 25.1 Å². The average molecular weight is 329 g/mol. The topological polar surface area (TPSA) is 105 Å². The van der Waals surface area contributed by atoms with Crippen LogP contribution in [-0.2, 0) is 14.3 Å². The molecule has 1 fully saturated rings. The van der Waals surface area contributed by atoms with Crippen LogP contribution in [-0.4, -0.2) is 47.4 Å². The number of nitrogens with one attached hydrogen (secondary N) is 1. The van der Waals surface area contributed by atoms with Gasteiger partial charge >= 0.3 is 5.97 Å². The summed E-state index contributed by atoms with van der Waals surface area (Å²) in [7, 11) is 0. The summed E-state index contributed by atoms with van der Waals surface area (Å²) in [6.45, 7) is 0.496. The third-order valence-electron chi connectivity index (χ3n) is 4.31. The summed E-state index contributed by atoms with van der Waals surface area (Å²) < 4.78 is 5.14. The molecule has 1 aliphatic heterocycles. The number of H-pyrrole nitrogens is 1. The van der Waals surface area contributed by atoms with Crippen molar-refractivity contribution in [3.8, 4) is 0 Å². The van der Waals surface area contributed by atoms with E-state index in [9.17, 15) is 14.4 Å². The van der Waals surface area contributed by atoms with E-state index in [-0.39, 0.29) is 18.4 Å². The number of nitrogens with zero attached hydrogens (tertiary/aromatic N) is 1. The van der Waals surface area contributed by atoms with Crippen molar-refractivity contribution < 1.29 is 19.1 Å². The first kappa shape index (κ1) is 16.0. The maximum Gasteiger partial charge on any atom is 0.340 e. The third-order valence-corrected chi connectivity index (χ3v) is 4.31. The van der Waals surface area contributed by atoms with E-state index in [1.54, 1.807) is 6.20 Å². The minimum Gasteiger partial charge on any atom is -0.452 e. The van der Waals surface area contributed by atoms with Gasteiger partial charge in [-0.25, -0.2) is 4.79 Å². The van der Waals surface area contributed by atoms with E-state index < -0.39 is 11.9 Å². The number of aromatic amines is 1. The van der Waals surface area contributed by atoms with Crippen molar-refractivity contribution in [3.63, 3.8) is 0 Å². The fraction of sp³-hybridized carbons (Fsp3) is 0.353. The van der Waals surface area contributed by atoms with Gasteiger partial charge in [-0.05, 0) is 18.9 Å². The molecule has 126 valence electrons. The number of rotatable bonds is 4. The number of fused-ring (bicyclic) bond motifs is 1. The fourth-order valence-corrected chi connectivity index (χ4v) is 2.97. The van der Waals surface area contributed by atoms with Crippen LogP contribution in [0.15, 0.2) is 30.5 Å². The molecule has 7 nitrogen and oxygen atoms in total. The number of carbonyl (C=O) groups is 3. The number of para-hydroxylation sites is 1. The lowest BCUT2D eigenvalue weighted by atomic mass is 9.97. The number of likely N-dealkylation sites (tertiary alicyclic amines) is 1. The number of primary amides is 1. The minimum atomic E-state index is -0.552. The number of hydrogen-bond acceptors (Lipinski definition) is 4. The molecule has 2 aromatic rings. The quantitative estimate of drug-likeness (QED) is 0.818. The molecule has 2 amide bonds. The zero-order valence-electron chi connectivity index (χ0n) is 13.2. The smallest absolute Gasteiger partial charge is 0.340 e. The van der Waals surface area contributed by atoms with E-state index in [1.807, 2.05) is 24.3 Å². The highest BCUT2D eigenvalue weighted by Crippen LogP contribution is 2.19. The van der Waals surface area contributed by atoms with Crippen LogP contribution in [0.5, 0.6) is 0 Å². The molecule has 1 aromatic carbocycles. The summed E-state index contributed by atoms with van der Waals surface area (Å²) in [5.41, 5.74) is 6.53. The molecule has 0 saturated carbocycles. The van der Waals surface area contributed by atoms with Crippen molar-refractivity contribution in [3.05, 3.63) is 36.0 Å². The molecular formula is C17H19N3O4. The first-order valence-electron chi connectivity index (χ1n) is 7.86. The summed E-state index contributed by atoms with van der Waals surface area (Å²) >= 11 is 0. The van der Waals surface area contributed by atoms with Gasteiger partial charge in [-0.3, -0.25) is 9.59 Å². The SMILES string of the molecule is NC(=O)[C@H]1CCCN(C(=O)COC(=O)c2c[nH]c3ccccc23)C1. The Hall–Kier alpha value is -2.83. The number of nitrogens with two attached hydrogens (primary N) is 1. The minimum absolute atomic E-state index is 0.290. The second kappa shape index (κ2) is 6.74. The normalized spacial score (nSPS) is 17.7. The van der Waals surface area contributed by atoms with Crippen molar-refractivity contribution in [1.29, 1.82) is 0 Å². The largest absolute Gasteiger partial charge is 0.452 e. The van der Waals surface area contributed by atoms with Crippen molar-refractivity contribution in [2.24, 2.45) is 11.7 Å². The van der Waals surface area contributed by atoms with Gasteiger partial charge in [-0.1, -0.05) is 18.2 Å². The Morgan fingerprint density at radius 3 is 2.88 bits per heavy atom. The average Bonchev–Trinajstić information content (AvgIpc) is 3.03. The molecule has 3 rings (SSSR count). The monoisotopic (exact) mass is 329 g/mol. The van der Waals surface area contributed by atoms with E-state index >= 15 is 0 Å². The maximum absolute atomic E-state index is 12.2. The number of ether oxygens (including phenoxy) is 1. The van der Waals surface area contributed by atoms with Crippen LogP contribution in [0.4, 0.5) is 0 Å². The number of hydrogen-bond donors (Lipinski definition) is 2. The molecule has 1 saturated heterocycles. The van der Waals surface area contributed by atoms with E-state index in [1.165, 1.54) is 4.90 Å². The van der Waals surface area contributed by atoms with E-state index in [2.05, 4.69) is 4.98 Å². The van der Waals surface area contributed by atoms with Crippen LogP contribution in [0, 0.1) is 5.92 Å². The first-order chi connectivity index (χ1) is 11.6. The molecular weight excluding hydrogens is 310 g/mol. The third kappa shape index (κ3) is 3.24. The van der Waals surface area contributed by atoms with Crippen LogP contribution in [0.1, 0.15) is 23.2 Å². The first-order valence-corrected chi connectivity index (χ1v) is 7.86. The summed E-state index contributed by atoms with van der Waals surface area (Å²) in [6.07, 6.45) is 2.98. The predicted octanol–water partition coefficient (Wildman–Crippen LogP) is 1.05. The Bertz CT molecular complexity index is 783. The Morgan fingerprint density at radius 1 is 1.29 bits per heavy atom. The summed E-state index contributed by atoms with van der Waals surface area (Å²) in [5, 5.41) is 0.752.